The number of para-hydroxylation sites is 2. The van der Waals surface area contributed by atoms with Crippen LogP contribution in [0, 0.1) is 0 Å². The van der Waals surface area contributed by atoms with Crippen molar-refractivity contribution in [2.24, 2.45) is 0 Å². The van der Waals surface area contributed by atoms with E-state index in [-0.39, 0.29) is 0 Å². The van der Waals surface area contributed by atoms with Gasteiger partial charge in [-0.1, -0.05) is 47.7 Å². The minimum atomic E-state index is 0.486. The highest BCUT2D eigenvalue weighted by molar-refractivity contribution is 7.11. The van der Waals surface area contributed by atoms with E-state index in [0.717, 1.165) is 11.5 Å². The molecule has 4 heteroatoms. The van der Waals surface area contributed by atoms with E-state index in [1.54, 1.807) is 5.51 Å². The van der Waals surface area contributed by atoms with E-state index in [4.69, 9.17) is 9.47 Å². The summed E-state index contributed by atoms with van der Waals surface area (Å²) in [7, 11) is 0. The molecule has 0 saturated heterocycles. The fourth-order valence-corrected chi connectivity index (χ4v) is 2.14. The SMILES string of the molecule is c1ccc(Oc2ncsc2Oc2ccccc2)cc1. The molecule has 2 aromatic carbocycles. The van der Waals surface area contributed by atoms with Crippen molar-refractivity contribution >= 4 is 11.3 Å². The fourth-order valence-electron chi connectivity index (χ4n) is 1.56. The van der Waals surface area contributed by atoms with Gasteiger partial charge in [-0.25, -0.2) is 4.98 Å². The molecule has 0 spiro atoms. The van der Waals surface area contributed by atoms with Crippen LogP contribution in [-0.2, 0) is 0 Å². The highest BCUT2D eigenvalue weighted by Crippen LogP contribution is 2.36. The molecule has 0 unspecified atom stereocenters. The molecule has 1 heterocycles. The summed E-state index contributed by atoms with van der Waals surface area (Å²) in [5, 5.41) is 0.648. The second-order valence-electron chi connectivity index (χ2n) is 3.78. The average molecular weight is 269 g/mol. The third kappa shape index (κ3) is 2.92. The Kier molecular flexibility index (Phi) is 3.42. The maximum absolute atomic E-state index is 5.75. The van der Waals surface area contributed by atoms with E-state index >= 15 is 0 Å². The Bertz CT molecular complexity index is 582. The molecule has 0 aliphatic rings. The molecule has 0 aliphatic carbocycles. The zero-order valence-corrected chi connectivity index (χ0v) is 10.8. The summed E-state index contributed by atoms with van der Waals surface area (Å²) >= 11 is 1.41. The second kappa shape index (κ2) is 5.54. The summed E-state index contributed by atoms with van der Waals surface area (Å²) < 4.78 is 11.4. The van der Waals surface area contributed by atoms with E-state index in [0.29, 0.717) is 10.9 Å². The normalized spacial score (nSPS) is 10.1. The number of nitrogens with zero attached hydrogens (tertiary/aromatic N) is 1. The van der Waals surface area contributed by atoms with Crippen LogP contribution in [0.15, 0.2) is 66.2 Å². The van der Waals surface area contributed by atoms with Crippen LogP contribution in [0.3, 0.4) is 0 Å². The van der Waals surface area contributed by atoms with Gasteiger partial charge in [-0.15, -0.1) is 0 Å². The van der Waals surface area contributed by atoms with Gasteiger partial charge in [-0.05, 0) is 24.3 Å². The molecule has 0 atom stereocenters. The molecule has 3 rings (SSSR count). The molecule has 0 fully saturated rings. The van der Waals surface area contributed by atoms with Gasteiger partial charge in [0.05, 0.1) is 5.51 Å². The molecule has 0 bridgehead atoms. The third-order valence-electron chi connectivity index (χ3n) is 2.42. The zero-order valence-electron chi connectivity index (χ0n) is 10.0. The van der Waals surface area contributed by atoms with Crippen LogP contribution in [0.25, 0.3) is 0 Å². The number of benzene rings is 2. The van der Waals surface area contributed by atoms with Gasteiger partial charge in [0.1, 0.15) is 11.5 Å². The van der Waals surface area contributed by atoms with Gasteiger partial charge < -0.3 is 9.47 Å². The van der Waals surface area contributed by atoms with Gasteiger partial charge in [0.15, 0.2) is 0 Å². The lowest BCUT2D eigenvalue weighted by Gasteiger charge is -2.06. The molecule has 0 N–H and O–H groups in total. The highest BCUT2D eigenvalue weighted by Gasteiger charge is 2.10. The molecule has 3 nitrogen and oxygen atoms in total. The maximum Gasteiger partial charge on any atom is 0.275 e. The van der Waals surface area contributed by atoms with Gasteiger partial charge in [0.25, 0.3) is 5.88 Å². The van der Waals surface area contributed by atoms with E-state index < -0.39 is 0 Å². The molecular formula is C15H11NO2S. The average Bonchev–Trinajstić information content (AvgIpc) is 2.88. The van der Waals surface area contributed by atoms with Crippen LogP contribution in [-0.4, -0.2) is 4.98 Å². The summed E-state index contributed by atoms with van der Waals surface area (Å²) in [5.74, 6) is 2.00. The third-order valence-corrected chi connectivity index (χ3v) is 3.10. The first-order valence-electron chi connectivity index (χ1n) is 5.81. The fraction of sp³-hybridized carbons (Fsp3) is 0. The minimum Gasteiger partial charge on any atom is -0.441 e. The van der Waals surface area contributed by atoms with Crippen LogP contribution < -0.4 is 9.47 Å². The smallest absolute Gasteiger partial charge is 0.275 e. The molecule has 94 valence electrons. The van der Waals surface area contributed by atoms with E-state index in [2.05, 4.69) is 4.98 Å². The Morgan fingerprint density at radius 1 is 0.737 bits per heavy atom. The Morgan fingerprint density at radius 3 is 1.95 bits per heavy atom. The second-order valence-corrected chi connectivity index (χ2v) is 4.59. The summed E-state index contributed by atoms with van der Waals surface area (Å²) in [6, 6.07) is 19.1. The lowest BCUT2D eigenvalue weighted by molar-refractivity contribution is 0.417. The van der Waals surface area contributed by atoms with E-state index in [9.17, 15) is 0 Å². The van der Waals surface area contributed by atoms with Crippen molar-refractivity contribution in [3.8, 4) is 22.4 Å². The molecular weight excluding hydrogens is 258 g/mol. The Labute approximate surface area is 115 Å². The summed E-state index contributed by atoms with van der Waals surface area (Å²) in [6.07, 6.45) is 0. The van der Waals surface area contributed by atoms with Gasteiger partial charge in [-0.3, -0.25) is 0 Å². The van der Waals surface area contributed by atoms with Crippen molar-refractivity contribution < 1.29 is 9.47 Å². The largest absolute Gasteiger partial charge is 0.441 e. The molecule has 19 heavy (non-hydrogen) atoms. The number of rotatable bonds is 4. The van der Waals surface area contributed by atoms with E-state index in [1.807, 2.05) is 60.7 Å². The Hall–Kier alpha value is -2.33. The van der Waals surface area contributed by atoms with Crippen molar-refractivity contribution in [3.05, 3.63) is 66.2 Å². The summed E-state index contributed by atoms with van der Waals surface area (Å²) in [6.45, 7) is 0. The number of ether oxygens (including phenoxy) is 2. The maximum atomic E-state index is 5.75. The predicted molar refractivity (Wildman–Crippen MR) is 75.1 cm³/mol. The highest BCUT2D eigenvalue weighted by atomic mass is 32.1. The van der Waals surface area contributed by atoms with Crippen LogP contribution in [0.2, 0.25) is 0 Å². The number of hydrogen-bond donors (Lipinski definition) is 0. The van der Waals surface area contributed by atoms with Crippen LogP contribution in [0.4, 0.5) is 0 Å². The van der Waals surface area contributed by atoms with Gasteiger partial charge >= 0.3 is 0 Å². The van der Waals surface area contributed by atoms with E-state index in [1.165, 1.54) is 11.3 Å². The number of hydrogen-bond acceptors (Lipinski definition) is 4. The van der Waals surface area contributed by atoms with Gasteiger partial charge in [0, 0.05) is 0 Å². The standard InChI is InChI=1S/C15H11NO2S/c1-3-7-12(8-4-1)17-14-15(19-11-16-14)18-13-9-5-2-6-10-13/h1-11H. The van der Waals surface area contributed by atoms with Crippen molar-refractivity contribution in [2.45, 2.75) is 0 Å². The van der Waals surface area contributed by atoms with Crippen molar-refractivity contribution in [1.29, 1.82) is 0 Å². The first-order valence-corrected chi connectivity index (χ1v) is 6.69. The quantitative estimate of drug-likeness (QED) is 0.686. The van der Waals surface area contributed by atoms with Crippen molar-refractivity contribution in [1.82, 2.24) is 4.98 Å². The van der Waals surface area contributed by atoms with Crippen LogP contribution in [0.1, 0.15) is 0 Å². The molecule has 0 aliphatic heterocycles. The molecule has 0 amide bonds. The van der Waals surface area contributed by atoms with Crippen molar-refractivity contribution in [3.63, 3.8) is 0 Å². The Balaban J connectivity index is 1.79. The molecule has 1 aromatic heterocycles. The molecule has 0 saturated carbocycles. The first-order chi connectivity index (χ1) is 9.42. The Morgan fingerprint density at radius 2 is 1.32 bits per heavy atom. The molecule has 3 aromatic rings. The lowest BCUT2D eigenvalue weighted by atomic mass is 10.3. The predicted octanol–water partition coefficient (Wildman–Crippen LogP) is 4.73. The first kappa shape index (κ1) is 11.7. The van der Waals surface area contributed by atoms with Crippen LogP contribution >= 0.6 is 11.3 Å². The van der Waals surface area contributed by atoms with Gasteiger partial charge in [-0.2, -0.15) is 0 Å². The van der Waals surface area contributed by atoms with Crippen LogP contribution in [0.5, 0.6) is 22.4 Å². The number of thiazole rings is 1. The van der Waals surface area contributed by atoms with Gasteiger partial charge in [0.2, 0.25) is 5.06 Å². The summed E-state index contributed by atoms with van der Waals surface area (Å²) in [4.78, 5) is 4.18. The summed E-state index contributed by atoms with van der Waals surface area (Å²) in [5.41, 5.74) is 1.70. The zero-order chi connectivity index (χ0) is 12.9. The minimum absolute atomic E-state index is 0.486. The topological polar surface area (TPSA) is 31.4 Å². The van der Waals surface area contributed by atoms with Crippen molar-refractivity contribution in [2.75, 3.05) is 0 Å². The lowest BCUT2D eigenvalue weighted by Crippen LogP contribution is -1.87. The molecule has 0 radical (unpaired) electrons. The monoisotopic (exact) mass is 269 g/mol. The number of aromatic nitrogens is 1.